The zero-order chi connectivity index (χ0) is 18.4. The number of carboxylic acid groups (broad SMARTS) is 1. The number of likely N-dealkylation sites (N-methyl/N-ethyl adjacent to an activating group) is 1. The summed E-state index contributed by atoms with van der Waals surface area (Å²) in [5, 5.41) is 9.04. The van der Waals surface area contributed by atoms with E-state index in [0.29, 0.717) is 5.56 Å². The molecule has 0 aromatic heterocycles. The fourth-order valence-electron chi connectivity index (χ4n) is 2.81. The summed E-state index contributed by atoms with van der Waals surface area (Å²) in [5.41, 5.74) is -0.861. The van der Waals surface area contributed by atoms with Crippen molar-refractivity contribution in [2.75, 3.05) is 7.05 Å². The number of ether oxygens (including phenoxy) is 1. The molecule has 1 amide bonds. The Kier molecular flexibility index (Phi) is 4.06. The second kappa shape index (κ2) is 5.94. The number of benzene rings is 2. The molecular weight excluding hydrogens is 342 g/mol. The van der Waals surface area contributed by atoms with E-state index in [-0.39, 0.29) is 23.3 Å². The van der Waals surface area contributed by atoms with Crippen molar-refractivity contribution in [2.45, 2.75) is 18.8 Å². The molecule has 1 aliphatic heterocycles. The van der Waals surface area contributed by atoms with Gasteiger partial charge in [0.05, 0.1) is 5.56 Å². The summed E-state index contributed by atoms with van der Waals surface area (Å²) in [7, 11) is 1.28. The third-order valence-corrected chi connectivity index (χ3v) is 4.04. The second-order valence-corrected chi connectivity index (χ2v) is 5.66. The summed E-state index contributed by atoms with van der Waals surface area (Å²) in [6, 6.07) is 6.90. The van der Waals surface area contributed by atoms with Gasteiger partial charge < -0.3 is 9.84 Å². The second-order valence-electron chi connectivity index (χ2n) is 5.66. The van der Waals surface area contributed by atoms with Gasteiger partial charge in [-0.25, -0.2) is 9.18 Å². The minimum absolute atomic E-state index is 0.0517. The highest BCUT2D eigenvalue weighted by Gasteiger charge is 2.36. The van der Waals surface area contributed by atoms with Crippen molar-refractivity contribution in [3.05, 3.63) is 53.3 Å². The maximum Gasteiger partial charge on any atom is 0.417 e. The number of carbonyl (C=O) groups is 1. The number of fused-ring (bicyclic) bond motifs is 1. The average Bonchev–Trinajstić information content (AvgIpc) is 2.96. The summed E-state index contributed by atoms with van der Waals surface area (Å²) in [6.07, 6.45) is -6.75. The molecule has 0 bridgehead atoms. The van der Waals surface area contributed by atoms with Crippen LogP contribution in [0.15, 0.2) is 36.4 Å². The van der Waals surface area contributed by atoms with Crippen molar-refractivity contribution in [3.63, 3.8) is 0 Å². The van der Waals surface area contributed by atoms with Crippen LogP contribution in [0.5, 0.6) is 5.75 Å². The Bertz CT molecular complexity index is 835. The lowest BCUT2D eigenvalue weighted by molar-refractivity contribution is -0.137. The minimum atomic E-state index is -4.62. The number of amides is 1. The predicted molar refractivity (Wildman–Crippen MR) is 80.7 cm³/mol. The van der Waals surface area contributed by atoms with Crippen molar-refractivity contribution >= 4 is 6.09 Å². The molecule has 0 aliphatic carbocycles. The van der Waals surface area contributed by atoms with E-state index in [1.165, 1.54) is 25.2 Å². The number of hydrogen-bond acceptors (Lipinski definition) is 2. The van der Waals surface area contributed by atoms with Crippen LogP contribution in [-0.2, 0) is 12.6 Å². The third kappa shape index (κ3) is 3.11. The van der Waals surface area contributed by atoms with Crippen LogP contribution in [0.1, 0.15) is 11.1 Å². The van der Waals surface area contributed by atoms with Crippen molar-refractivity contribution < 1.29 is 32.2 Å². The zero-order valence-corrected chi connectivity index (χ0v) is 13.0. The summed E-state index contributed by atoms with van der Waals surface area (Å²) in [5.74, 6) is -0.649. The molecule has 0 spiro atoms. The predicted octanol–water partition coefficient (Wildman–Crippen LogP) is 4.38. The molecule has 132 valence electrons. The highest BCUT2D eigenvalue weighted by molar-refractivity contribution is 5.76. The van der Waals surface area contributed by atoms with Gasteiger partial charge in [0, 0.05) is 24.6 Å². The van der Waals surface area contributed by atoms with Crippen LogP contribution in [0.4, 0.5) is 22.4 Å². The SMILES string of the molecule is CN(C(=O)O)C1Cc2cc(F)cc(-c3ccccc3C(F)(F)F)c2O1. The van der Waals surface area contributed by atoms with E-state index in [4.69, 9.17) is 9.84 Å². The number of alkyl halides is 3. The van der Waals surface area contributed by atoms with Crippen molar-refractivity contribution in [2.24, 2.45) is 0 Å². The standard InChI is InChI=1S/C17H13F4NO3/c1-22(16(23)24)14-7-9-6-10(18)8-12(15(9)25-14)11-4-2-3-5-13(11)17(19,20)21/h2-6,8,14H,7H2,1H3,(H,23,24). The third-order valence-electron chi connectivity index (χ3n) is 4.04. The van der Waals surface area contributed by atoms with Crippen LogP contribution < -0.4 is 4.74 Å². The molecule has 4 nitrogen and oxygen atoms in total. The minimum Gasteiger partial charge on any atom is -0.469 e. The van der Waals surface area contributed by atoms with Gasteiger partial charge in [-0.2, -0.15) is 13.2 Å². The van der Waals surface area contributed by atoms with Crippen LogP contribution in [0.25, 0.3) is 11.1 Å². The lowest BCUT2D eigenvalue weighted by Crippen LogP contribution is -2.38. The van der Waals surface area contributed by atoms with Gasteiger partial charge in [0.1, 0.15) is 11.6 Å². The summed E-state index contributed by atoms with van der Waals surface area (Å²) in [4.78, 5) is 12.0. The molecule has 1 aliphatic rings. The van der Waals surface area contributed by atoms with Gasteiger partial charge in [0.15, 0.2) is 6.23 Å². The van der Waals surface area contributed by atoms with Crippen LogP contribution in [-0.4, -0.2) is 29.4 Å². The number of hydrogen-bond donors (Lipinski definition) is 1. The lowest BCUT2D eigenvalue weighted by atomic mass is 9.96. The normalized spacial score (nSPS) is 16.3. The first-order chi connectivity index (χ1) is 11.7. The summed E-state index contributed by atoms with van der Waals surface area (Å²) < 4.78 is 59.3. The summed E-state index contributed by atoms with van der Waals surface area (Å²) >= 11 is 0. The van der Waals surface area contributed by atoms with E-state index in [1.54, 1.807) is 0 Å². The van der Waals surface area contributed by atoms with E-state index in [0.717, 1.165) is 23.1 Å². The number of rotatable bonds is 2. The first-order valence-electron chi connectivity index (χ1n) is 7.30. The first-order valence-corrected chi connectivity index (χ1v) is 7.30. The van der Waals surface area contributed by atoms with E-state index in [2.05, 4.69) is 0 Å². The highest BCUT2D eigenvalue weighted by atomic mass is 19.4. The van der Waals surface area contributed by atoms with Crippen LogP contribution >= 0.6 is 0 Å². The van der Waals surface area contributed by atoms with Crippen molar-refractivity contribution in [1.82, 2.24) is 4.90 Å². The largest absolute Gasteiger partial charge is 0.469 e. The van der Waals surface area contributed by atoms with E-state index < -0.39 is 29.9 Å². The van der Waals surface area contributed by atoms with Gasteiger partial charge in [-0.05, 0) is 23.8 Å². The maximum atomic E-state index is 14.0. The Morgan fingerprint density at radius 1 is 1.24 bits per heavy atom. The molecule has 25 heavy (non-hydrogen) atoms. The Labute approximate surface area is 140 Å². The molecule has 1 heterocycles. The lowest BCUT2D eigenvalue weighted by Gasteiger charge is -2.21. The molecule has 2 aromatic rings. The molecule has 0 saturated carbocycles. The Morgan fingerprint density at radius 2 is 1.92 bits per heavy atom. The molecule has 8 heteroatoms. The Morgan fingerprint density at radius 3 is 2.56 bits per heavy atom. The van der Waals surface area contributed by atoms with Crippen LogP contribution in [0.2, 0.25) is 0 Å². The Balaban J connectivity index is 2.12. The average molecular weight is 355 g/mol. The van der Waals surface area contributed by atoms with Crippen molar-refractivity contribution in [1.29, 1.82) is 0 Å². The van der Waals surface area contributed by atoms with Gasteiger partial charge in [0.25, 0.3) is 0 Å². The van der Waals surface area contributed by atoms with E-state index in [1.807, 2.05) is 0 Å². The molecule has 1 unspecified atom stereocenters. The molecule has 3 rings (SSSR count). The molecule has 0 radical (unpaired) electrons. The number of nitrogens with zero attached hydrogens (tertiary/aromatic N) is 1. The maximum absolute atomic E-state index is 14.0. The molecule has 2 aromatic carbocycles. The van der Waals surface area contributed by atoms with Gasteiger partial charge in [-0.15, -0.1) is 0 Å². The monoisotopic (exact) mass is 355 g/mol. The van der Waals surface area contributed by atoms with E-state index >= 15 is 0 Å². The Hall–Kier alpha value is -2.77. The van der Waals surface area contributed by atoms with Crippen LogP contribution in [0.3, 0.4) is 0 Å². The summed E-state index contributed by atoms with van der Waals surface area (Å²) in [6.45, 7) is 0. The molecular formula is C17H13F4NO3. The smallest absolute Gasteiger partial charge is 0.417 e. The van der Waals surface area contributed by atoms with Crippen LogP contribution in [0, 0.1) is 5.82 Å². The van der Waals surface area contributed by atoms with Crippen molar-refractivity contribution in [3.8, 4) is 16.9 Å². The quantitative estimate of drug-likeness (QED) is 0.814. The van der Waals surface area contributed by atoms with Gasteiger partial charge >= 0.3 is 12.3 Å². The van der Waals surface area contributed by atoms with Gasteiger partial charge in [0.2, 0.25) is 0 Å². The van der Waals surface area contributed by atoms with E-state index in [9.17, 15) is 22.4 Å². The zero-order valence-electron chi connectivity index (χ0n) is 13.0. The molecule has 0 fully saturated rings. The molecule has 1 N–H and O–H groups in total. The fraction of sp³-hybridized carbons (Fsp3) is 0.235. The first kappa shape index (κ1) is 17.1. The molecule has 1 atom stereocenters. The highest BCUT2D eigenvalue weighted by Crippen LogP contribution is 2.44. The fourth-order valence-corrected chi connectivity index (χ4v) is 2.81. The topological polar surface area (TPSA) is 49.8 Å². The van der Waals surface area contributed by atoms with Gasteiger partial charge in [-0.3, -0.25) is 4.90 Å². The number of halogens is 4. The molecule has 0 saturated heterocycles. The van der Waals surface area contributed by atoms with Gasteiger partial charge in [-0.1, -0.05) is 18.2 Å².